The molecular formula is C17H11Br2OP. The molecule has 4 heteroatoms. The van der Waals surface area contributed by atoms with E-state index in [-0.39, 0.29) is 0 Å². The molecule has 0 spiro atoms. The van der Waals surface area contributed by atoms with Gasteiger partial charge in [0.1, 0.15) is 0 Å². The van der Waals surface area contributed by atoms with Gasteiger partial charge in [0, 0.05) is 26.7 Å². The van der Waals surface area contributed by atoms with Crippen molar-refractivity contribution in [1.29, 1.82) is 0 Å². The van der Waals surface area contributed by atoms with Crippen LogP contribution in [0.15, 0.2) is 57.5 Å². The number of benzene rings is 2. The van der Waals surface area contributed by atoms with Gasteiger partial charge in [-0.1, -0.05) is 43.7 Å². The first-order chi connectivity index (χ1) is 9.94. The lowest BCUT2D eigenvalue weighted by Crippen LogP contribution is -1.76. The van der Waals surface area contributed by atoms with Gasteiger partial charge in [-0.3, -0.25) is 4.57 Å². The van der Waals surface area contributed by atoms with Gasteiger partial charge in [-0.25, -0.2) is 0 Å². The molecule has 0 bridgehead atoms. The highest BCUT2D eigenvalue weighted by molar-refractivity contribution is 9.10. The topological polar surface area (TPSA) is 17.1 Å². The molecule has 21 heavy (non-hydrogen) atoms. The molecule has 0 atom stereocenters. The van der Waals surface area contributed by atoms with Crippen molar-refractivity contribution in [1.82, 2.24) is 0 Å². The smallest absolute Gasteiger partial charge is 0.220 e. The minimum atomic E-state index is -2.79. The Balaban J connectivity index is 2.18. The first kappa shape index (κ1) is 16.1. The molecule has 0 aliphatic heterocycles. The minimum Gasteiger partial charge on any atom is -0.296 e. The summed E-state index contributed by atoms with van der Waals surface area (Å²) in [6, 6.07) is 15.1. The van der Waals surface area contributed by atoms with Gasteiger partial charge >= 0.3 is 0 Å². The molecule has 2 aromatic rings. The van der Waals surface area contributed by atoms with E-state index >= 15 is 0 Å². The number of rotatable bonds is 0. The predicted molar refractivity (Wildman–Crippen MR) is 95.6 cm³/mol. The molecule has 0 saturated carbocycles. The fourth-order valence-electron chi connectivity index (χ4n) is 1.44. The summed E-state index contributed by atoms with van der Waals surface area (Å²) in [6.07, 6.45) is 0. The highest BCUT2D eigenvalue weighted by Gasteiger charge is 2.05. The van der Waals surface area contributed by atoms with E-state index in [0.29, 0.717) is 0 Å². The van der Waals surface area contributed by atoms with E-state index in [2.05, 4.69) is 55.0 Å². The van der Waals surface area contributed by atoms with E-state index in [1.54, 1.807) is 6.66 Å². The van der Waals surface area contributed by atoms with Crippen molar-refractivity contribution in [3.05, 3.63) is 68.6 Å². The quantitative estimate of drug-likeness (QED) is 0.404. The van der Waals surface area contributed by atoms with Gasteiger partial charge < -0.3 is 0 Å². The lowest BCUT2D eigenvalue weighted by molar-refractivity contribution is 0.591. The molecule has 0 aliphatic rings. The fourth-order valence-corrected chi connectivity index (χ4v) is 2.71. The van der Waals surface area contributed by atoms with Crippen molar-refractivity contribution in [3.63, 3.8) is 0 Å². The van der Waals surface area contributed by atoms with E-state index in [1.807, 2.05) is 48.5 Å². The molecule has 0 unspecified atom stereocenters. The fraction of sp³-hybridized carbons (Fsp3) is 0.0588. The summed E-state index contributed by atoms with van der Waals surface area (Å²) in [4.78, 5) is 0. The highest BCUT2D eigenvalue weighted by Crippen LogP contribution is 2.38. The van der Waals surface area contributed by atoms with Gasteiger partial charge in [-0.05, 0) is 59.9 Å². The van der Waals surface area contributed by atoms with Gasteiger partial charge in [0.25, 0.3) is 0 Å². The summed E-state index contributed by atoms with van der Waals surface area (Å²) >= 11 is 6.73. The van der Waals surface area contributed by atoms with Gasteiger partial charge in [-0.2, -0.15) is 0 Å². The van der Waals surface area contributed by atoms with Crippen LogP contribution in [0.3, 0.4) is 0 Å². The van der Waals surface area contributed by atoms with Gasteiger partial charge in [0.05, 0.1) is 0 Å². The largest absolute Gasteiger partial charge is 0.296 e. The van der Waals surface area contributed by atoms with Crippen molar-refractivity contribution < 1.29 is 4.57 Å². The summed E-state index contributed by atoms with van der Waals surface area (Å²) in [7, 11) is -2.79. The SMILES string of the molecule is CP(=O)(C#Cc1ccc(Br)cc1)C#Cc1ccc(Br)cc1. The second-order valence-electron chi connectivity index (χ2n) is 4.41. The van der Waals surface area contributed by atoms with Gasteiger partial charge in [0.15, 0.2) is 0 Å². The zero-order chi connectivity index (χ0) is 15.3. The van der Waals surface area contributed by atoms with Crippen LogP contribution in [0, 0.1) is 23.2 Å². The molecule has 0 aromatic heterocycles. The Morgan fingerprint density at radius 2 is 1.10 bits per heavy atom. The van der Waals surface area contributed by atoms with Crippen molar-refractivity contribution in [2.24, 2.45) is 0 Å². The van der Waals surface area contributed by atoms with Crippen molar-refractivity contribution in [2.75, 3.05) is 6.66 Å². The molecule has 0 heterocycles. The lowest BCUT2D eigenvalue weighted by atomic mass is 10.2. The standard InChI is InChI=1S/C17H11Br2OP/c1-21(20,12-10-14-2-6-16(18)7-3-14)13-11-15-4-8-17(19)9-5-15/h2-9H,1H3. The second kappa shape index (κ2) is 7.15. The van der Waals surface area contributed by atoms with Gasteiger partial charge in [-0.15, -0.1) is 0 Å². The zero-order valence-corrected chi connectivity index (χ0v) is 15.3. The predicted octanol–water partition coefficient (Wildman–Crippen LogP) is 5.52. The Bertz CT molecular complexity index is 733. The maximum atomic E-state index is 12.3. The molecule has 2 aromatic carbocycles. The van der Waals surface area contributed by atoms with E-state index in [4.69, 9.17) is 0 Å². The lowest BCUT2D eigenvalue weighted by Gasteiger charge is -1.95. The van der Waals surface area contributed by atoms with E-state index in [9.17, 15) is 4.57 Å². The summed E-state index contributed by atoms with van der Waals surface area (Å²) < 4.78 is 14.3. The summed E-state index contributed by atoms with van der Waals surface area (Å²) in [5, 5.41) is 0. The third-order valence-corrected chi connectivity index (χ3v) is 4.65. The van der Waals surface area contributed by atoms with Gasteiger partial charge in [0.2, 0.25) is 7.14 Å². The first-order valence-corrected chi connectivity index (χ1v) is 9.84. The number of hydrogen-bond donors (Lipinski definition) is 0. The molecule has 2 rings (SSSR count). The summed E-state index contributed by atoms with van der Waals surface area (Å²) in [6.45, 7) is 1.59. The van der Waals surface area contributed by atoms with E-state index < -0.39 is 7.14 Å². The molecule has 0 saturated heterocycles. The van der Waals surface area contributed by atoms with Crippen LogP contribution in [0.5, 0.6) is 0 Å². The van der Waals surface area contributed by atoms with Crippen LogP contribution in [0.2, 0.25) is 0 Å². The third kappa shape index (κ3) is 5.56. The third-order valence-electron chi connectivity index (χ3n) is 2.52. The van der Waals surface area contributed by atoms with Crippen LogP contribution in [-0.4, -0.2) is 6.66 Å². The second-order valence-corrected chi connectivity index (χ2v) is 8.54. The average Bonchev–Trinajstić information content (AvgIpc) is 2.46. The molecular weight excluding hydrogens is 411 g/mol. The normalized spacial score (nSPS) is 10.0. The molecule has 0 amide bonds. The van der Waals surface area contributed by atoms with Crippen LogP contribution in [0.1, 0.15) is 11.1 Å². The Hall–Kier alpha value is -1.25. The molecule has 104 valence electrons. The molecule has 0 radical (unpaired) electrons. The maximum absolute atomic E-state index is 12.3. The Morgan fingerprint density at radius 1 is 0.762 bits per heavy atom. The van der Waals surface area contributed by atoms with E-state index in [1.165, 1.54) is 0 Å². The van der Waals surface area contributed by atoms with Crippen LogP contribution in [-0.2, 0) is 4.57 Å². The molecule has 1 nitrogen and oxygen atoms in total. The molecule has 0 N–H and O–H groups in total. The van der Waals surface area contributed by atoms with Crippen LogP contribution in [0.25, 0.3) is 0 Å². The van der Waals surface area contributed by atoms with Crippen molar-refractivity contribution >= 4 is 39.0 Å². The van der Waals surface area contributed by atoms with Crippen LogP contribution >= 0.6 is 39.0 Å². The monoisotopic (exact) mass is 420 g/mol. The van der Waals surface area contributed by atoms with Crippen LogP contribution in [0.4, 0.5) is 0 Å². The Labute approximate surface area is 141 Å². The first-order valence-electron chi connectivity index (χ1n) is 6.10. The zero-order valence-electron chi connectivity index (χ0n) is 11.2. The molecule has 0 aliphatic carbocycles. The summed E-state index contributed by atoms with van der Waals surface area (Å²) in [5.41, 5.74) is 7.22. The average molecular weight is 422 g/mol. The van der Waals surface area contributed by atoms with Crippen molar-refractivity contribution in [2.45, 2.75) is 0 Å². The number of hydrogen-bond acceptors (Lipinski definition) is 1. The van der Waals surface area contributed by atoms with Crippen molar-refractivity contribution in [3.8, 4) is 23.2 Å². The highest BCUT2D eigenvalue weighted by atomic mass is 79.9. The van der Waals surface area contributed by atoms with E-state index in [0.717, 1.165) is 20.1 Å². The Kier molecular flexibility index (Phi) is 5.49. The molecule has 0 fully saturated rings. The Morgan fingerprint density at radius 3 is 1.43 bits per heavy atom. The summed E-state index contributed by atoms with van der Waals surface area (Å²) in [5.74, 6) is 5.83. The maximum Gasteiger partial charge on any atom is 0.220 e. The number of halogens is 2. The van der Waals surface area contributed by atoms with Crippen LogP contribution < -0.4 is 0 Å². The minimum absolute atomic E-state index is 0.825.